The van der Waals surface area contributed by atoms with E-state index in [0.29, 0.717) is 5.92 Å². The molecule has 1 aliphatic rings. The lowest BCUT2D eigenvalue weighted by atomic mass is 10.0. The molecule has 2 heterocycles. The summed E-state index contributed by atoms with van der Waals surface area (Å²) >= 11 is 0. The molecule has 0 aliphatic carbocycles. The maximum atomic E-state index is 5.77. The van der Waals surface area contributed by atoms with Gasteiger partial charge in [-0.05, 0) is 31.7 Å². The SMILES string of the molecule is CN=C(NCC(C)Cn1cccn1)NCC1(C)CCCO1.I. The second-order valence-corrected chi connectivity index (χ2v) is 6.04. The first-order chi connectivity index (χ1) is 10.1. The number of aromatic nitrogens is 2. The highest BCUT2D eigenvalue weighted by atomic mass is 127. The standard InChI is InChI=1S/C15H27N5O.HI/c1-13(11-20-8-5-7-19-20)10-17-14(16-3)18-12-15(2)6-4-9-21-15;/h5,7-8,13H,4,6,9-12H2,1-3H3,(H2,16,17,18);1H. The van der Waals surface area contributed by atoms with Crippen LogP contribution < -0.4 is 10.6 Å². The molecule has 0 spiro atoms. The zero-order valence-electron chi connectivity index (χ0n) is 13.7. The van der Waals surface area contributed by atoms with Crippen LogP contribution in [0.5, 0.6) is 0 Å². The maximum absolute atomic E-state index is 5.77. The van der Waals surface area contributed by atoms with Crippen molar-refractivity contribution in [3.63, 3.8) is 0 Å². The third-order valence-corrected chi connectivity index (χ3v) is 3.83. The van der Waals surface area contributed by atoms with Crippen molar-refractivity contribution < 1.29 is 4.74 Å². The van der Waals surface area contributed by atoms with Crippen LogP contribution in [0.3, 0.4) is 0 Å². The summed E-state index contributed by atoms with van der Waals surface area (Å²) in [7, 11) is 1.80. The van der Waals surface area contributed by atoms with Crippen LogP contribution in [0.2, 0.25) is 0 Å². The summed E-state index contributed by atoms with van der Waals surface area (Å²) in [6, 6.07) is 1.95. The molecule has 1 saturated heterocycles. The molecule has 0 radical (unpaired) electrons. The fourth-order valence-electron chi connectivity index (χ4n) is 2.53. The monoisotopic (exact) mass is 421 g/mol. The topological polar surface area (TPSA) is 63.5 Å². The average molecular weight is 421 g/mol. The molecular formula is C15H28IN5O. The number of guanidine groups is 1. The highest BCUT2D eigenvalue weighted by Gasteiger charge is 2.29. The van der Waals surface area contributed by atoms with Crippen molar-refractivity contribution in [3.05, 3.63) is 18.5 Å². The Kier molecular flexibility index (Phi) is 8.16. The van der Waals surface area contributed by atoms with Gasteiger partial charge in [-0.2, -0.15) is 5.10 Å². The number of aliphatic imine (C=N–C) groups is 1. The average Bonchev–Trinajstić information content (AvgIpc) is 3.11. The van der Waals surface area contributed by atoms with Gasteiger partial charge in [-0.15, -0.1) is 24.0 Å². The molecular weight excluding hydrogens is 393 g/mol. The summed E-state index contributed by atoms with van der Waals surface area (Å²) in [5.74, 6) is 1.31. The number of nitrogens with zero attached hydrogens (tertiary/aromatic N) is 3. The third-order valence-electron chi connectivity index (χ3n) is 3.83. The van der Waals surface area contributed by atoms with Crippen LogP contribution >= 0.6 is 24.0 Å². The largest absolute Gasteiger partial charge is 0.373 e. The van der Waals surface area contributed by atoms with Gasteiger partial charge in [0, 0.05) is 45.7 Å². The molecule has 7 heteroatoms. The summed E-state index contributed by atoms with van der Waals surface area (Å²) < 4.78 is 7.73. The first kappa shape index (κ1) is 19.2. The van der Waals surface area contributed by atoms with E-state index < -0.39 is 0 Å². The lowest BCUT2D eigenvalue weighted by Gasteiger charge is -2.25. The minimum absolute atomic E-state index is 0. The molecule has 2 atom stereocenters. The van der Waals surface area contributed by atoms with Gasteiger partial charge in [-0.25, -0.2) is 0 Å². The van der Waals surface area contributed by atoms with E-state index in [1.165, 1.54) is 0 Å². The predicted molar refractivity (Wildman–Crippen MR) is 99.8 cm³/mol. The quantitative estimate of drug-likeness (QED) is 0.418. The van der Waals surface area contributed by atoms with Gasteiger partial charge in [0.15, 0.2) is 5.96 Å². The van der Waals surface area contributed by atoms with Crippen molar-refractivity contribution in [2.75, 3.05) is 26.7 Å². The van der Waals surface area contributed by atoms with E-state index >= 15 is 0 Å². The van der Waals surface area contributed by atoms with Crippen molar-refractivity contribution in [2.45, 2.75) is 38.8 Å². The smallest absolute Gasteiger partial charge is 0.191 e. The van der Waals surface area contributed by atoms with Gasteiger partial charge in [0.25, 0.3) is 0 Å². The minimum Gasteiger partial charge on any atom is -0.373 e. The van der Waals surface area contributed by atoms with Gasteiger partial charge in [-0.1, -0.05) is 6.92 Å². The fourth-order valence-corrected chi connectivity index (χ4v) is 2.53. The van der Waals surface area contributed by atoms with E-state index in [9.17, 15) is 0 Å². The molecule has 1 fully saturated rings. The van der Waals surface area contributed by atoms with Crippen LogP contribution in [0.25, 0.3) is 0 Å². The fraction of sp³-hybridized carbons (Fsp3) is 0.733. The lowest BCUT2D eigenvalue weighted by Crippen LogP contribution is -2.46. The van der Waals surface area contributed by atoms with Crippen LogP contribution in [-0.2, 0) is 11.3 Å². The van der Waals surface area contributed by atoms with Crippen LogP contribution in [-0.4, -0.2) is 48.1 Å². The van der Waals surface area contributed by atoms with Gasteiger partial charge in [0.2, 0.25) is 0 Å². The molecule has 0 saturated carbocycles. The second-order valence-electron chi connectivity index (χ2n) is 6.04. The summed E-state index contributed by atoms with van der Waals surface area (Å²) in [5.41, 5.74) is -0.0572. The van der Waals surface area contributed by atoms with Crippen molar-refractivity contribution in [3.8, 4) is 0 Å². The lowest BCUT2D eigenvalue weighted by molar-refractivity contribution is 0.0242. The third kappa shape index (κ3) is 6.12. The highest BCUT2D eigenvalue weighted by molar-refractivity contribution is 14.0. The number of hydrogen-bond acceptors (Lipinski definition) is 3. The molecule has 2 N–H and O–H groups in total. The Labute approximate surface area is 150 Å². The summed E-state index contributed by atoms with van der Waals surface area (Å²) in [4.78, 5) is 4.27. The number of halogens is 1. The molecule has 0 amide bonds. The molecule has 22 heavy (non-hydrogen) atoms. The molecule has 1 aliphatic heterocycles. The highest BCUT2D eigenvalue weighted by Crippen LogP contribution is 2.23. The molecule has 6 nitrogen and oxygen atoms in total. The van der Waals surface area contributed by atoms with Crippen molar-refractivity contribution in [2.24, 2.45) is 10.9 Å². The van der Waals surface area contributed by atoms with E-state index in [0.717, 1.165) is 45.0 Å². The predicted octanol–water partition coefficient (Wildman–Crippen LogP) is 1.87. The summed E-state index contributed by atoms with van der Waals surface area (Å²) in [6.45, 7) is 7.77. The van der Waals surface area contributed by atoms with Crippen LogP contribution in [0, 0.1) is 5.92 Å². The van der Waals surface area contributed by atoms with Crippen molar-refractivity contribution in [1.29, 1.82) is 0 Å². The van der Waals surface area contributed by atoms with Crippen molar-refractivity contribution in [1.82, 2.24) is 20.4 Å². The van der Waals surface area contributed by atoms with Crippen molar-refractivity contribution >= 4 is 29.9 Å². The molecule has 1 aromatic heterocycles. The molecule has 0 bridgehead atoms. The van der Waals surface area contributed by atoms with Crippen LogP contribution in [0.4, 0.5) is 0 Å². The summed E-state index contributed by atoms with van der Waals surface area (Å²) in [5, 5.41) is 11.0. The number of nitrogens with one attached hydrogen (secondary N) is 2. The molecule has 2 unspecified atom stereocenters. The Morgan fingerprint density at radius 1 is 1.50 bits per heavy atom. The Balaban J connectivity index is 0.00000242. The minimum atomic E-state index is -0.0572. The zero-order chi connectivity index (χ0) is 15.1. The molecule has 1 aromatic rings. The van der Waals surface area contributed by atoms with E-state index in [2.05, 4.69) is 34.6 Å². The second kappa shape index (κ2) is 9.34. The van der Waals surface area contributed by atoms with Gasteiger partial charge in [-0.3, -0.25) is 9.67 Å². The molecule has 2 rings (SSSR count). The van der Waals surface area contributed by atoms with Gasteiger partial charge in [0.1, 0.15) is 0 Å². The number of ether oxygens (including phenoxy) is 1. The first-order valence-electron chi connectivity index (χ1n) is 7.67. The Morgan fingerprint density at radius 2 is 2.32 bits per heavy atom. The number of hydrogen-bond donors (Lipinski definition) is 2. The first-order valence-corrected chi connectivity index (χ1v) is 7.67. The van der Waals surface area contributed by atoms with Crippen LogP contribution in [0.15, 0.2) is 23.5 Å². The Morgan fingerprint density at radius 3 is 2.91 bits per heavy atom. The Bertz CT molecular complexity index is 443. The molecule has 126 valence electrons. The van der Waals surface area contributed by atoms with E-state index in [1.54, 1.807) is 7.05 Å². The van der Waals surface area contributed by atoms with Gasteiger partial charge >= 0.3 is 0 Å². The normalized spacial score (nSPS) is 23.0. The maximum Gasteiger partial charge on any atom is 0.191 e. The van der Waals surface area contributed by atoms with Crippen LogP contribution in [0.1, 0.15) is 26.7 Å². The van der Waals surface area contributed by atoms with Gasteiger partial charge < -0.3 is 15.4 Å². The van der Waals surface area contributed by atoms with E-state index in [1.807, 2.05) is 23.1 Å². The Hall–Kier alpha value is -0.830. The van der Waals surface area contributed by atoms with E-state index in [-0.39, 0.29) is 29.6 Å². The number of rotatable bonds is 6. The zero-order valence-corrected chi connectivity index (χ0v) is 16.0. The van der Waals surface area contributed by atoms with E-state index in [4.69, 9.17) is 4.74 Å². The van der Waals surface area contributed by atoms with Gasteiger partial charge in [0.05, 0.1) is 5.60 Å². The summed E-state index contributed by atoms with van der Waals surface area (Å²) in [6.07, 6.45) is 6.04. The molecule has 0 aromatic carbocycles.